The van der Waals surface area contributed by atoms with Crippen molar-refractivity contribution >= 4 is 52.3 Å². The number of rotatable bonds is 5. The molecule has 1 N–H and O–H groups in total. The minimum Gasteiger partial charge on any atom is -0.340 e. The van der Waals surface area contributed by atoms with E-state index in [1.54, 1.807) is 11.3 Å². The molecule has 0 bridgehead atoms. The van der Waals surface area contributed by atoms with Crippen LogP contribution in [0.2, 0.25) is 0 Å². The number of hydrogen-bond acceptors (Lipinski definition) is 4. The number of thiazole rings is 1. The van der Waals surface area contributed by atoms with Gasteiger partial charge in [0.1, 0.15) is 0 Å². The molecule has 7 heteroatoms. The molecule has 2 heterocycles. The number of piperazine rings is 1. The molecule has 25 heavy (non-hydrogen) atoms. The summed E-state index contributed by atoms with van der Waals surface area (Å²) in [7, 11) is 0. The Labute approximate surface area is 166 Å². The molecule has 1 fully saturated rings. The van der Waals surface area contributed by atoms with Gasteiger partial charge in [-0.25, -0.2) is 4.98 Å². The lowest BCUT2D eigenvalue weighted by molar-refractivity contribution is -0.143. The van der Waals surface area contributed by atoms with Crippen LogP contribution in [0.25, 0.3) is 10.2 Å². The minimum absolute atomic E-state index is 0. The summed E-state index contributed by atoms with van der Waals surface area (Å²) in [5, 5.41) is 4.40. The Hall–Kier alpha value is -0.880. The maximum absolute atomic E-state index is 13.2. The zero-order valence-corrected chi connectivity index (χ0v) is 17.2. The molecule has 1 aliphatic heterocycles. The number of benzene rings is 1. The summed E-state index contributed by atoms with van der Waals surface area (Å²) in [6, 6.07) is 8.22. The van der Waals surface area contributed by atoms with Gasteiger partial charge in [-0.3, -0.25) is 4.79 Å². The smallest absolute Gasteiger partial charge is 0.229 e. The molecular formula is C18H27Cl2N3OS. The normalized spacial score (nSPS) is 14.7. The molecule has 1 saturated heterocycles. The van der Waals surface area contributed by atoms with Crippen LogP contribution >= 0.6 is 36.2 Å². The quantitative estimate of drug-likeness (QED) is 0.822. The van der Waals surface area contributed by atoms with E-state index in [1.165, 1.54) is 4.70 Å². The molecule has 0 radical (unpaired) electrons. The van der Waals surface area contributed by atoms with E-state index in [0.717, 1.165) is 56.0 Å². The molecule has 2 aromatic rings. The molecule has 4 nitrogen and oxygen atoms in total. The van der Waals surface area contributed by atoms with E-state index in [-0.39, 0.29) is 30.2 Å². The maximum atomic E-state index is 13.2. The molecule has 140 valence electrons. The second-order valence-electron chi connectivity index (χ2n) is 6.28. The molecule has 1 aromatic heterocycles. The summed E-state index contributed by atoms with van der Waals surface area (Å²) in [6.45, 7) is 7.71. The number of amides is 1. The number of nitrogens with one attached hydrogen (secondary N) is 1. The Balaban J connectivity index is 0.00000156. The number of aromatic nitrogens is 1. The summed E-state index contributed by atoms with van der Waals surface area (Å²) >= 11 is 1.72. The molecule has 0 saturated carbocycles. The van der Waals surface area contributed by atoms with Crippen LogP contribution in [0.3, 0.4) is 0 Å². The van der Waals surface area contributed by atoms with Crippen molar-refractivity contribution in [3.63, 3.8) is 0 Å². The van der Waals surface area contributed by atoms with E-state index in [1.807, 2.05) is 23.1 Å². The fourth-order valence-corrected chi connectivity index (χ4v) is 4.48. The Bertz CT molecular complexity index is 649. The lowest BCUT2D eigenvalue weighted by Gasteiger charge is -2.37. The van der Waals surface area contributed by atoms with Crippen molar-refractivity contribution in [1.82, 2.24) is 15.2 Å². The van der Waals surface area contributed by atoms with E-state index >= 15 is 0 Å². The predicted octanol–water partition coefficient (Wildman–Crippen LogP) is 3.92. The number of para-hydroxylation sites is 1. The second kappa shape index (κ2) is 9.72. The third kappa shape index (κ3) is 4.64. The van der Waals surface area contributed by atoms with Crippen LogP contribution in [-0.2, 0) is 11.2 Å². The van der Waals surface area contributed by atoms with Crippen molar-refractivity contribution in [2.45, 2.75) is 33.1 Å². The molecule has 0 aliphatic carbocycles. The van der Waals surface area contributed by atoms with Crippen LogP contribution in [0.5, 0.6) is 0 Å². The molecule has 0 spiro atoms. The van der Waals surface area contributed by atoms with Crippen LogP contribution in [0, 0.1) is 5.41 Å². The maximum Gasteiger partial charge on any atom is 0.229 e. The number of carbonyl (C=O) groups excluding carboxylic acids is 1. The zero-order valence-electron chi connectivity index (χ0n) is 14.8. The number of halogens is 2. The van der Waals surface area contributed by atoms with Gasteiger partial charge in [-0.1, -0.05) is 26.0 Å². The highest BCUT2D eigenvalue weighted by Gasteiger charge is 2.39. The van der Waals surface area contributed by atoms with Crippen molar-refractivity contribution in [3.8, 4) is 0 Å². The van der Waals surface area contributed by atoms with E-state index in [2.05, 4.69) is 25.2 Å². The van der Waals surface area contributed by atoms with E-state index in [4.69, 9.17) is 4.98 Å². The van der Waals surface area contributed by atoms with Gasteiger partial charge in [-0.05, 0) is 25.0 Å². The highest BCUT2D eigenvalue weighted by molar-refractivity contribution is 7.18. The average molecular weight is 404 g/mol. The number of hydrogen-bond donors (Lipinski definition) is 1. The molecule has 1 amide bonds. The lowest BCUT2D eigenvalue weighted by atomic mass is 9.78. The molecular weight excluding hydrogens is 377 g/mol. The summed E-state index contributed by atoms with van der Waals surface area (Å²) in [5.41, 5.74) is 0.730. The summed E-state index contributed by atoms with van der Waals surface area (Å²) in [4.78, 5) is 20.0. The highest BCUT2D eigenvalue weighted by Crippen LogP contribution is 2.36. The second-order valence-corrected chi connectivity index (χ2v) is 7.40. The summed E-state index contributed by atoms with van der Waals surface area (Å²) in [5.74, 6) is 0.309. The van der Waals surface area contributed by atoms with Crippen LogP contribution in [-0.4, -0.2) is 42.0 Å². The van der Waals surface area contributed by atoms with Gasteiger partial charge in [0.25, 0.3) is 0 Å². The fourth-order valence-electron chi connectivity index (χ4n) is 3.37. The van der Waals surface area contributed by atoms with Crippen molar-refractivity contribution in [1.29, 1.82) is 0 Å². The van der Waals surface area contributed by atoms with Crippen molar-refractivity contribution in [3.05, 3.63) is 29.3 Å². The van der Waals surface area contributed by atoms with Crippen LogP contribution in [0.4, 0.5) is 0 Å². The van der Waals surface area contributed by atoms with Crippen molar-refractivity contribution in [2.24, 2.45) is 5.41 Å². The Morgan fingerprint density at radius 3 is 2.44 bits per heavy atom. The van der Waals surface area contributed by atoms with Crippen LogP contribution in [0.1, 0.15) is 31.7 Å². The van der Waals surface area contributed by atoms with Gasteiger partial charge in [0, 0.05) is 32.6 Å². The number of fused-ring (bicyclic) bond motifs is 1. The van der Waals surface area contributed by atoms with Crippen molar-refractivity contribution in [2.75, 3.05) is 26.2 Å². The fraction of sp³-hybridized carbons (Fsp3) is 0.556. The van der Waals surface area contributed by atoms with E-state index < -0.39 is 0 Å². The molecule has 1 aromatic carbocycles. The van der Waals surface area contributed by atoms with Crippen LogP contribution in [0.15, 0.2) is 24.3 Å². The van der Waals surface area contributed by atoms with Crippen molar-refractivity contribution < 1.29 is 4.79 Å². The third-order valence-corrected chi connectivity index (χ3v) is 6.08. The molecule has 0 atom stereocenters. The van der Waals surface area contributed by atoms with Gasteiger partial charge < -0.3 is 10.2 Å². The lowest BCUT2D eigenvalue weighted by Crippen LogP contribution is -2.52. The van der Waals surface area contributed by atoms with E-state index in [9.17, 15) is 4.79 Å². The average Bonchev–Trinajstić information content (AvgIpc) is 3.02. The zero-order chi connectivity index (χ0) is 16.3. The third-order valence-electron chi connectivity index (χ3n) is 5.04. The first-order chi connectivity index (χ1) is 11.2. The summed E-state index contributed by atoms with van der Waals surface area (Å²) < 4.78 is 1.21. The van der Waals surface area contributed by atoms with Gasteiger partial charge >= 0.3 is 0 Å². The largest absolute Gasteiger partial charge is 0.340 e. The van der Waals surface area contributed by atoms with Gasteiger partial charge in [0.05, 0.1) is 20.6 Å². The SMILES string of the molecule is CCC(CC)(Cc1nc2ccccc2s1)C(=O)N1CCNCC1.Cl.Cl. The molecule has 3 rings (SSSR count). The Morgan fingerprint density at radius 2 is 1.84 bits per heavy atom. The minimum atomic E-state index is -0.314. The number of carbonyl (C=O) groups is 1. The Morgan fingerprint density at radius 1 is 1.20 bits per heavy atom. The molecule has 1 aliphatic rings. The first-order valence-corrected chi connectivity index (χ1v) is 9.35. The van der Waals surface area contributed by atoms with Gasteiger partial charge in [-0.2, -0.15) is 0 Å². The first kappa shape index (κ1) is 22.2. The van der Waals surface area contributed by atoms with Gasteiger partial charge in [0.15, 0.2) is 0 Å². The monoisotopic (exact) mass is 403 g/mol. The van der Waals surface area contributed by atoms with Gasteiger partial charge in [-0.15, -0.1) is 36.2 Å². The summed E-state index contributed by atoms with van der Waals surface area (Å²) in [6.07, 6.45) is 2.48. The Kier molecular flexibility index (Phi) is 8.61. The number of nitrogens with zero attached hydrogens (tertiary/aromatic N) is 2. The highest BCUT2D eigenvalue weighted by atomic mass is 35.5. The standard InChI is InChI=1S/C18H25N3OS.2ClH/c1-3-18(4-2,17(22)21-11-9-19-10-12-21)13-16-20-14-7-5-6-8-15(14)23-16;;/h5-8,19H,3-4,9-13H2,1-2H3;2*1H. The first-order valence-electron chi connectivity index (χ1n) is 8.53. The molecule has 0 unspecified atom stereocenters. The van der Waals surface area contributed by atoms with Crippen LogP contribution < -0.4 is 5.32 Å². The predicted molar refractivity (Wildman–Crippen MR) is 110 cm³/mol. The van der Waals surface area contributed by atoms with Gasteiger partial charge in [0.2, 0.25) is 5.91 Å². The van der Waals surface area contributed by atoms with E-state index in [0.29, 0.717) is 5.91 Å². The topological polar surface area (TPSA) is 45.2 Å².